The van der Waals surface area contributed by atoms with E-state index >= 15 is 0 Å². The maximum Gasteiger partial charge on any atom is 0.142 e. The lowest BCUT2D eigenvalue weighted by Crippen LogP contribution is -2.31. The van der Waals surface area contributed by atoms with Crippen LogP contribution in [0, 0.1) is 5.92 Å². The molecule has 0 amide bonds. The van der Waals surface area contributed by atoms with Crippen LogP contribution < -0.4 is 15.8 Å². The highest BCUT2D eigenvalue weighted by molar-refractivity contribution is 5.54. The number of anilines is 1. The fourth-order valence-electron chi connectivity index (χ4n) is 1.87. The maximum absolute atomic E-state index is 5.96. The summed E-state index contributed by atoms with van der Waals surface area (Å²) in [4.78, 5) is 0. The van der Waals surface area contributed by atoms with Gasteiger partial charge in [-0.15, -0.1) is 0 Å². The second-order valence-corrected chi connectivity index (χ2v) is 5.21. The molecular weight excluding hydrogens is 224 g/mol. The molecule has 3 heteroatoms. The van der Waals surface area contributed by atoms with Crippen LogP contribution in [0.2, 0.25) is 0 Å². The predicted molar refractivity (Wildman–Crippen MR) is 78.0 cm³/mol. The van der Waals surface area contributed by atoms with Gasteiger partial charge in [-0.1, -0.05) is 19.9 Å². The van der Waals surface area contributed by atoms with Crippen molar-refractivity contribution in [3.8, 4) is 5.75 Å². The molecule has 1 unspecified atom stereocenters. The number of nitrogens with one attached hydrogen (secondary N) is 1. The molecule has 1 rings (SSSR count). The van der Waals surface area contributed by atoms with Crippen molar-refractivity contribution in [3.05, 3.63) is 23.8 Å². The minimum atomic E-state index is 0.463. The van der Waals surface area contributed by atoms with Crippen LogP contribution in [-0.4, -0.2) is 19.2 Å². The van der Waals surface area contributed by atoms with Crippen LogP contribution in [0.25, 0.3) is 0 Å². The van der Waals surface area contributed by atoms with Gasteiger partial charge in [0.1, 0.15) is 5.75 Å². The standard InChI is InChI=1S/C15H26N2O/c1-5-18-15-7-6-13(9-14(15)16)8-12(4)17-10-11(2)3/h6-7,9,11-12,17H,5,8,10,16H2,1-4H3. The van der Waals surface area contributed by atoms with Crippen molar-refractivity contribution in [3.63, 3.8) is 0 Å². The first-order valence-corrected chi connectivity index (χ1v) is 6.77. The highest BCUT2D eigenvalue weighted by Crippen LogP contribution is 2.23. The Kier molecular flexibility index (Phi) is 5.99. The first kappa shape index (κ1) is 14.8. The zero-order chi connectivity index (χ0) is 13.5. The average Bonchev–Trinajstić information content (AvgIpc) is 2.30. The monoisotopic (exact) mass is 250 g/mol. The van der Waals surface area contributed by atoms with Crippen molar-refractivity contribution >= 4 is 5.69 Å². The highest BCUT2D eigenvalue weighted by atomic mass is 16.5. The van der Waals surface area contributed by atoms with Crippen LogP contribution in [0.3, 0.4) is 0 Å². The maximum atomic E-state index is 5.96. The van der Waals surface area contributed by atoms with E-state index in [0.29, 0.717) is 18.6 Å². The van der Waals surface area contributed by atoms with Gasteiger partial charge in [0.15, 0.2) is 0 Å². The second kappa shape index (κ2) is 7.27. The lowest BCUT2D eigenvalue weighted by molar-refractivity contribution is 0.342. The normalized spacial score (nSPS) is 12.7. The molecule has 3 N–H and O–H groups in total. The zero-order valence-electron chi connectivity index (χ0n) is 12.0. The van der Waals surface area contributed by atoms with Gasteiger partial charge in [-0.3, -0.25) is 0 Å². The first-order valence-electron chi connectivity index (χ1n) is 6.77. The molecule has 1 atom stereocenters. The number of benzene rings is 1. The van der Waals surface area contributed by atoms with E-state index in [1.807, 2.05) is 19.1 Å². The first-order chi connectivity index (χ1) is 8.52. The van der Waals surface area contributed by atoms with E-state index in [1.165, 1.54) is 5.56 Å². The van der Waals surface area contributed by atoms with Crippen molar-refractivity contribution in [2.24, 2.45) is 5.92 Å². The fraction of sp³-hybridized carbons (Fsp3) is 0.600. The Morgan fingerprint density at radius 3 is 2.56 bits per heavy atom. The van der Waals surface area contributed by atoms with Gasteiger partial charge in [0, 0.05) is 6.04 Å². The third kappa shape index (κ3) is 4.96. The van der Waals surface area contributed by atoms with Gasteiger partial charge < -0.3 is 15.8 Å². The molecule has 3 nitrogen and oxygen atoms in total. The molecule has 0 aliphatic carbocycles. The Labute approximate surface area is 111 Å². The lowest BCUT2D eigenvalue weighted by atomic mass is 10.1. The Balaban J connectivity index is 2.54. The number of hydrogen-bond acceptors (Lipinski definition) is 3. The molecule has 102 valence electrons. The molecule has 0 saturated heterocycles. The smallest absolute Gasteiger partial charge is 0.142 e. The molecule has 0 bridgehead atoms. The third-order valence-corrected chi connectivity index (χ3v) is 2.79. The highest BCUT2D eigenvalue weighted by Gasteiger charge is 2.06. The molecule has 0 saturated carbocycles. The molecule has 0 spiro atoms. The van der Waals surface area contributed by atoms with E-state index in [2.05, 4.69) is 32.2 Å². The molecule has 0 aliphatic heterocycles. The van der Waals surface area contributed by atoms with Crippen LogP contribution >= 0.6 is 0 Å². The minimum Gasteiger partial charge on any atom is -0.492 e. The van der Waals surface area contributed by atoms with Crippen LogP contribution in [-0.2, 0) is 6.42 Å². The average molecular weight is 250 g/mol. The van der Waals surface area contributed by atoms with Crippen LogP contribution in [0.15, 0.2) is 18.2 Å². The van der Waals surface area contributed by atoms with Gasteiger partial charge >= 0.3 is 0 Å². The zero-order valence-corrected chi connectivity index (χ0v) is 12.0. The van der Waals surface area contributed by atoms with Gasteiger partial charge in [0.25, 0.3) is 0 Å². The van der Waals surface area contributed by atoms with Crippen LogP contribution in [0.5, 0.6) is 5.75 Å². The minimum absolute atomic E-state index is 0.463. The molecule has 1 aromatic rings. The number of nitrogens with two attached hydrogens (primary N) is 1. The fourth-order valence-corrected chi connectivity index (χ4v) is 1.87. The van der Waals surface area contributed by atoms with E-state index in [-0.39, 0.29) is 0 Å². The van der Waals surface area contributed by atoms with Gasteiger partial charge in [0.2, 0.25) is 0 Å². The summed E-state index contributed by atoms with van der Waals surface area (Å²) >= 11 is 0. The summed E-state index contributed by atoms with van der Waals surface area (Å²) in [5.74, 6) is 1.46. The van der Waals surface area contributed by atoms with Gasteiger partial charge in [-0.2, -0.15) is 0 Å². The largest absolute Gasteiger partial charge is 0.492 e. The van der Waals surface area contributed by atoms with E-state index < -0.39 is 0 Å². The topological polar surface area (TPSA) is 47.3 Å². The Hall–Kier alpha value is -1.22. The van der Waals surface area contributed by atoms with E-state index in [9.17, 15) is 0 Å². The number of rotatable bonds is 7. The SMILES string of the molecule is CCOc1ccc(CC(C)NCC(C)C)cc1N. The van der Waals surface area contributed by atoms with Crippen molar-refractivity contribution in [1.29, 1.82) is 0 Å². The van der Waals surface area contributed by atoms with E-state index in [1.54, 1.807) is 0 Å². The quantitative estimate of drug-likeness (QED) is 0.732. The van der Waals surface area contributed by atoms with Gasteiger partial charge in [-0.05, 0) is 50.4 Å². The second-order valence-electron chi connectivity index (χ2n) is 5.21. The lowest BCUT2D eigenvalue weighted by Gasteiger charge is -2.16. The number of hydrogen-bond donors (Lipinski definition) is 2. The van der Waals surface area contributed by atoms with Gasteiger partial charge in [-0.25, -0.2) is 0 Å². The van der Waals surface area contributed by atoms with E-state index in [4.69, 9.17) is 10.5 Å². The van der Waals surface area contributed by atoms with Gasteiger partial charge in [0.05, 0.1) is 12.3 Å². The molecular formula is C15H26N2O. The number of ether oxygens (including phenoxy) is 1. The number of nitrogen functional groups attached to an aromatic ring is 1. The Bertz CT molecular complexity index is 364. The summed E-state index contributed by atoms with van der Waals surface area (Å²) in [6.07, 6.45) is 0.989. The molecule has 18 heavy (non-hydrogen) atoms. The molecule has 0 radical (unpaired) electrons. The van der Waals surface area contributed by atoms with E-state index in [0.717, 1.165) is 24.4 Å². The predicted octanol–water partition coefficient (Wildman–Crippen LogP) is 2.84. The van der Waals surface area contributed by atoms with Crippen LogP contribution in [0.4, 0.5) is 5.69 Å². The molecule has 1 aromatic carbocycles. The van der Waals surface area contributed by atoms with Crippen molar-refractivity contribution < 1.29 is 4.74 Å². The van der Waals surface area contributed by atoms with Crippen molar-refractivity contribution in [2.45, 2.75) is 40.2 Å². The molecule has 0 aliphatic rings. The summed E-state index contributed by atoms with van der Waals surface area (Å²) in [7, 11) is 0. The Morgan fingerprint density at radius 2 is 2.00 bits per heavy atom. The summed E-state index contributed by atoms with van der Waals surface area (Å²) in [6, 6.07) is 6.53. The summed E-state index contributed by atoms with van der Waals surface area (Å²) in [5, 5.41) is 3.52. The van der Waals surface area contributed by atoms with Crippen LogP contribution in [0.1, 0.15) is 33.3 Å². The summed E-state index contributed by atoms with van der Waals surface area (Å²) in [6.45, 7) is 10.3. The summed E-state index contributed by atoms with van der Waals surface area (Å²) in [5.41, 5.74) is 7.94. The van der Waals surface area contributed by atoms with Crippen molar-refractivity contribution in [1.82, 2.24) is 5.32 Å². The molecule has 0 heterocycles. The molecule has 0 fully saturated rings. The summed E-state index contributed by atoms with van der Waals surface area (Å²) < 4.78 is 5.43. The molecule has 0 aromatic heterocycles. The van der Waals surface area contributed by atoms with Crippen molar-refractivity contribution in [2.75, 3.05) is 18.9 Å². The Morgan fingerprint density at radius 1 is 1.28 bits per heavy atom. The third-order valence-electron chi connectivity index (χ3n) is 2.79.